The van der Waals surface area contributed by atoms with E-state index in [4.69, 9.17) is 11.6 Å². The van der Waals surface area contributed by atoms with Crippen molar-refractivity contribution in [3.05, 3.63) is 58.1 Å². The van der Waals surface area contributed by atoms with Gasteiger partial charge in [-0.2, -0.15) is 0 Å². The number of halogens is 1. The van der Waals surface area contributed by atoms with Crippen molar-refractivity contribution in [1.29, 1.82) is 0 Å². The maximum absolute atomic E-state index is 6.11. The highest BCUT2D eigenvalue weighted by Gasteiger charge is 1.99. The van der Waals surface area contributed by atoms with Gasteiger partial charge in [0.1, 0.15) is 0 Å². The number of hydrogen-bond acceptors (Lipinski definition) is 2. The lowest BCUT2D eigenvalue weighted by Gasteiger charge is -2.12. The van der Waals surface area contributed by atoms with E-state index >= 15 is 0 Å². The molecule has 20 heavy (non-hydrogen) atoms. The summed E-state index contributed by atoms with van der Waals surface area (Å²) < 4.78 is 0. The average molecular weight is 289 g/mol. The minimum absolute atomic E-state index is 0.803. The molecule has 2 rings (SSSR count). The summed E-state index contributed by atoms with van der Waals surface area (Å²) in [5.41, 5.74) is 5.91. The fourth-order valence-electron chi connectivity index (χ4n) is 2.03. The largest absolute Gasteiger partial charge is 0.383 e. The topological polar surface area (TPSA) is 24.1 Å². The molecule has 3 heteroatoms. The van der Waals surface area contributed by atoms with Gasteiger partial charge in [0.05, 0.1) is 0 Å². The van der Waals surface area contributed by atoms with Crippen LogP contribution < -0.4 is 10.6 Å². The normalized spacial score (nSPS) is 10.4. The van der Waals surface area contributed by atoms with E-state index in [1.165, 1.54) is 16.8 Å². The summed E-state index contributed by atoms with van der Waals surface area (Å²) in [6.07, 6.45) is 0. The molecule has 0 heterocycles. The molecule has 0 fully saturated rings. The zero-order valence-corrected chi connectivity index (χ0v) is 13.0. The molecule has 0 aromatic heterocycles. The molecule has 0 atom stereocenters. The molecule has 0 amide bonds. The molecule has 2 aromatic carbocycles. The second kappa shape index (κ2) is 6.67. The summed E-state index contributed by atoms with van der Waals surface area (Å²) in [5, 5.41) is 7.63. The van der Waals surface area contributed by atoms with Gasteiger partial charge in [0.15, 0.2) is 0 Å². The lowest BCUT2D eigenvalue weighted by atomic mass is 10.1. The van der Waals surface area contributed by atoms with E-state index in [0.29, 0.717) is 0 Å². The van der Waals surface area contributed by atoms with E-state index in [9.17, 15) is 0 Å². The van der Waals surface area contributed by atoms with Crippen molar-refractivity contribution in [3.63, 3.8) is 0 Å². The van der Waals surface area contributed by atoms with E-state index in [0.717, 1.165) is 29.4 Å². The van der Waals surface area contributed by atoms with E-state index in [-0.39, 0.29) is 0 Å². The van der Waals surface area contributed by atoms with Crippen LogP contribution in [0.5, 0.6) is 0 Å². The summed E-state index contributed by atoms with van der Waals surface area (Å²) in [5.74, 6) is 0. The van der Waals surface area contributed by atoms with Crippen molar-refractivity contribution < 1.29 is 0 Å². The second-order valence-electron chi connectivity index (χ2n) is 5.14. The van der Waals surface area contributed by atoms with Gasteiger partial charge in [-0.15, -0.1) is 0 Å². The first-order chi connectivity index (χ1) is 9.56. The molecule has 0 aliphatic heterocycles. The molecule has 0 spiro atoms. The van der Waals surface area contributed by atoms with Crippen molar-refractivity contribution in [2.45, 2.75) is 20.8 Å². The van der Waals surface area contributed by atoms with Crippen LogP contribution in [0.1, 0.15) is 16.7 Å². The molecular formula is C17H21ClN2. The highest BCUT2D eigenvalue weighted by Crippen LogP contribution is 2.20. The predicted molar refractivity (Wildman–Crippen MR) is 89.1 cm³/mol. The van der Waals surface area contributed by atoms with Crippen molar-refractivity contribution in [2.75, 3.05) is 23.7 Å². The van der Waals surface area contributed by atoms with Crippen molar-refractivity contribution >= 4 is 23.0 Å². The van der Waals surface area contributed by atoms with Crippen LogP contribution in [0.4, 0.5) is 11.4 Å². The minimum Gasteiger partial charge on any atom is -0.383 e. The Kier molecular flexibility index (Phi) is 4.91. The standard InChI is InChI=1S/C17H21ClN2/c1-12-4-5-14(3)17(10-12)20-9-8-19-15-7-6-13(2)16(18)11-15/h4-7,10-11,19-20H,8-9H2,1-3H3. The molecule has 0 bridgehead atoms. The molecule has 2 N–H and O–H groups in total. The summed E-state index contributed by atoms with van der Waals surface area (Å²) in [6, 6.07) is 12.5. The molecule has 0 saturated heterocycles. The zero-order chi connectivity index (χ0) is 14.5. The third kappa shape index (κ3) is 3.91. The third-order valence-electron chi connectivity index (χ3n) is 3.33. The van der Waals surface area contributed by atoms with Crippen molar-refractivity contribution in [2.24, 2.45) is 0 Å². The molecule has 0 saturated carbocycles. The van der Waals surface area contributed by atoms with E-state index in [1.807, 2.05) is 19.1 Å². The molecule has 106 valence electrons. The van der Waals surface area contributed by atoms with Gasteiger partial charge < -0.3 is 10.6 Å². The van der Waals surface area contributed by atoms with Crippen LogP contribution in [0.25, 0.3) is 0 Å². The minimum atomic E-state index is 0.803. The number of nitrogens with one attached hydrogen (secondary N) is 2. The quantitative estimate of drug-likeness (QED) is 0.773. The van der Waals surface area contributed by atoms with Crippen LogP contribution in [0.3, 0.4) is 0 Å². The number of benzene rings is 2. The van der Waals surface area contributed by atoms with Crippen molar-refractivity contribution in [1.82, 2.24) is 0 Å². The van der Waals surface area contributed by atoms with Crippen LogP contribution >= 0.6 is 11.6 Å². The van der Waals surface area contributed by atoms with E-state index in [1.54, 1.807) is 0 Å². The average Bonchev–Trinajstić information content (AvgIpc) is 2.42. The summed E-state index contributed by atoms with van der Waals surface area (Å²) >= 11 is 6.11. The van der Waals surface area contributed by atoms with Crippen LogP contribution in [-0.2, 0) is 0 Å². The summed E-state index contributed by atoms with van der Waals surface area (Å²) in [6.45, 7) is 7.96. The summed E-state index contributed by atoms with van der Waals surface area (Å²) in [7, 11) is 0. The SMILES string of the molecule is Cc1ccc(C)c(NCCNc2ccc(C)c(Cl)c2)c1. The highest BCUT2D eigenvalue weighted by molar-refractivity contribution is 6.31. The van der Waals surface area contributed by atoms with E-state index < -0.39 is 0 Å². The molecule has 2 aromatic rings. The highest BCUT2D eigenvalue weighted by atomic mass is 35.5. The van der Waals surface area contributed by atoms with Gasteiger partial charge in [-0.1, -0.05) is 29.8 Å². The van der Waals surface area contributed by atoms with Crippen LogP contribution in [-0.4, -0.2) is 13.1 Å². The number of rotatable bonds is 5. The monoisotopic (exact) mass is 288 g/mol. The zero-order valence-electron chi connectivity index (χ0n) is 12.3. The third-order valence-corrected chi connectivity index (χ3v) is 3.74. The Labute approximate surface area is 126 Å². The first-order valence-corrected chi connectivity index (χ1v) is 7.25. The summed E-state index contributed by atoms with van der Waals surface area (Å²) in [4.78, 5) is 0. The van der Waals surface area contributed by atoms with Crippen molar-refractivity contribution in [3.8, 4) is 0 Å². The van der Waals surface area contributed by atoms with Gasteiger partial charge in [-0.25, -0.2) is 0 Å². The maximum Gasteiger partial charge on any atom is 0.0455 e. The number of anilines is 2. The van der Waals surface area contributed by atoms with Gasteiger partial charge in [-0.3, -0.25) is 0 Å². The number of hydrogen-bond donors (Lipinski definition) is 2. The second-order valence-corrected chi connectivity index (χ2v) is 5.54. The Morgan fingerprint density at radius 3 is 2.30 bits per heavy atom. The Bertz CT molecular complexity index is 594. The fourth-order valence-corrected chi connectivity index (χ4v) is 2.21. The van der Waals surface area contributed by atoms with Gasteiger partial charge in [0.25, 0.3) is 0 Å². The Morgan fingerprint density at radius 2 is 1.55 bits per heavy atom. The van der Waals surface area contributed by atoms with Gasteiger partial charge in [0, 0.05) is 29.5 Å². The van der Waals surface area contributed by atoms with Crippen LogP contribution in [0.15, 0.2) is 36.4 Å². The van der Waals surface area contributed by atoms with Gasteiger partial charge >= 0.3 is 0 Å². The smallest absolute Gasteiger partial charge is 0.0455 e. The molecular weight excluding hydrogens is 268 g/mol. The lowest BCUT2D eigenvalue weighted by Crippen LogP contribution is -2.14. The molecule has 0 aliphatic carbocycles. The maximum atomic E-state index is 6.11. The Hall–Kier alpha value is -1.67. The lowest BCUT2D eigenvalue weighted by molar-refractivity contribution is 1.07. The van der Waals surface area contributed by atoms with Gasteiger partial charge in [0.2, 0.25) is 0 Å². The first-order valence-electron chi connectivity index (χ1n) is 6.87. The number of aryl methyl sites for hydroxylation is 3. The van der Waals surface area contributed by atoms with Gasteiger partial charge in [-0.05, 0) is 55.7 Å². The van der Waals surface area contributed by atoms with E-state index in [2.05, 4.69) is 48.7 Å². The molecule has 0 aliphatic rings. The molecule has 2 nitrogen and oxygen atoms in total. The Morgan fingerprint density at radius 1 is 0.850 bits per heavy atom. The first kappa shape index (κ1) is 14.7. The predicted octanol–water partition coefficient (Wildman–Crippen LogP) is 4.79. The Balaban J connectivity index is 1.84. The fraction of sp³-hybridized carbons (Fsp3) is 0.294. The van der Waals surface area contributed by atoms with Crippen LogP contribution in [0.2, 0.25) is 5.02 Å². The van der Waals surface area contributed by atoms with Crippen LogP contribution in [0, 0.1) is 20.8 Å². The molecule has 0 unspecified atom stereocenters. The molecule has 0 radical (unpaired) electrons.